The summed E-state index contributed by atoms with van der Waals surface area (Å²) >= 11 is 14.2. The summed E-state index contributed by atoms with van der Waals surface area (Å²) in [6.07, 6.45) is -1.52. The van der Waals surface area contributed by atoms with Crippen molar-refractivity contribution in [3.8, 4) is 28.7 Å². The van der Waals surface area contributed by atoms with E-state index in [4.69, 9.17) is 70.4 Å². The van der Waals surface area contributed by atoms with Crippen LogP contribution >= 0.6 is 34.8 Å². The molecule has 23 heteroatoms. The zero-order valence-corrected chi connectivity index (χ0v) is 49.4. The van der Waals surface area contributed by atoms with Gasteiger partial charge < -0.3 is 57.3 Å². The molecule has 77 heavy (non-hydrogen) atoms. The first-order valence-electron chi connectivity index (χ1n) is 22.4. The Kier molecular flexibility index (Phi) is 48.7. The second-order valence-corrected chi connectivity index (χ2v) is 16.2. The molecule has 436 valence electrons. The number of benzene rings is 5. The number of nitrogens with two attached hydrogens (primary N) is 1. The molecule has 19 nitrogen and oxygen atoms in total. The van der Waals surface area contributed by atoms with Gasteiger partial charge in [-0.2, -0.15) is 0 Å². The van der Waals surface area contributed by atoms with Crippen molar-refractivity contribution in [2.75, 3.05) is 37.5 Å². The van der Waals surface area contributed by atoms with Gasteiger partial charge in [-0.15, -0.1) is 23.2 Å². The average molecular weight is 1240 g/mol. The van der Waals surface area contributed by atoms with Gasteiger partial charge in [0.15, 0.2) is 0 Å². The van der Waals surface area contributed by atoms with E-state index in [0.717, 1.165) is 27.8 Å². The van der Waals surface area contributed by atoms with Gasteiger partial charge in [-0.3, -0.25) is 20.2 Å². The number of rotatable bonds is 7. The number of anilines is 1. The summed E-state index contributed by atoms with van der Waals surface area (Å²) in [4.78, 5) is 51.8. The van der Waals surface area contributed by atoms with Crippen LogP contribution in [0.3, 0.4) is 0 Å². The van der Waals surface area contributed by atoms with Gasteiger partial charge in [0.1, 0.15) is 28.7 Å². The van der Waals surface area contributed by atoms with E-state index in [0.29, 0.717) is 52.7 Å². The molecule has 0 unspecified atom stereocenters. The van der Waals surface area contributed by atoms with E-state index in [1.165, 1.54) is 17.7 Å². The SMILES string of the molecule is C.CCO.CCOC(=O)Cl.CCOC(=O)Oc1cc([N+](=O)[O-])c(C)cc1C.CCOC(=O)Oc1ccc(C)cc1C.Cc1cc(C)c(O)cc1N.Cc1cc(C)c([N+](=O)[O-])cc1O.Cc1ccc(O)c(C)c1.ClCCl.[CH3-].[Pd]. The maximum Gasteiger partial charge on any atom is 0.513 e. The quantitative estimate of drug-likeness (QED) is 0.00967. The Balaban J connectivity index is -0.000000195. The largest absolute Gasteiger partial charge is 0.513 e. The molecule has 6 N–H and O–H groups in total. The third-order valence-electron chi connectivity index (χ3n) is 8.84. The molecule has 0 amide bonds. The molecule has 0 aliphatic rings. The van der Waals surface area contributed by atoms with E-state index in [2.05, 4.69) is 14.2 Å². The van der Waals surface area contributed by atoms with Crippen LogP contribution in [0.4, 0.5) is 31.4 Å². The predicted octanol–water partition coefficient (Wildman–Crippen LogP) is 15.0. The smallest absolute Gasteiger partial charge is 0.508 e. The van der Waals surface area contributed by atoms with Crippen LogP contribution in [0.25, 0.3) is 0 Å². The molecule has 0 fully saturated rings. The fraction of sp³-hybridized carbons (Fsp3) is 0.370. The third kappa shape index (κ3) is 37.1. The predicted molar refractivity (Wildman–Crippen MR) is 303 cm³/mol. The molecule has 0 saturated carbocycles. The number of phenolic OH excluding ortho intramolecular Hbond substituents is 3. The molecular formula is C54H77Cl3N3O16Pd-. The summed E-state index contributed by atoms with van der Waals surface area (Å²) in [5.74, 6) is 1.30. The van der Waals surface area contributed by atoms with Crippen LogP contribution in [0, 0.1) is 96.9 Å². The number of aryl methyl sites for hydroxylation is 10. The molecule has 0 heterocycles. The van der Waals surface area contributed by atoms with Crippen molar-refractivity contribution in [1.82, 2.24) is 0 Å². The Morgan fingerprint density at radius 2 is 0.870 bits per heavy atom. The molecule has 0 radical (unpaired) electrons. The van der Waals surface area contributed by atoms with Crippen molar-refractivity contribution in [2.45, 2.75) is 104 Å². The van der Waals surface area contributed by atoms with Gasteiger partial charge in [-0.25, -0.2) is 14.4 Å². The summed E-state index contributed by atoms with van der Waals surface area (Å²) < 4.78 is 23.3. The number of halogens is 3. The van der Waals surface area contributed by atoms with E-state index >= 15 is 0 Å². The van der Waals surface area contributed by atoms with Gasteiger partial charge in [0.25, 0.3) is 11.4 Å². The fourth-order valence-electron chi connectivity index (χ4n) is 5.32. The van der Waals surface area contributed by atoms with Crippen molar-refractivity contribution < 1.29 is 88.8 Å². The van der Waals surface area contributed by atoms with Gasteiger partial charge in [0.2, 0.25) is 0 Å². The normalized spacial score (nSPS) is 8.91. The number of ether oxygens (including phenoxy) is 5. The second-order valence-electron chi connectivity index (χ2n) is 15.1. The van der Waals surface area contributed by atoms with E-state index in [-0.39, 0.29) is 82.5 Å². The van der Waals surface area contributed by atoms with Gasteiger partial charge in [-0.05, 0) is 155 Å². The number of alkyl halides is 2. The van der Waals surface area contributed by atoms with Crippen LogP contribution in [0.1, 0.15) is 90.8 Å². The number of aromatic hydroxyl groups is 3. The number of nitro groups is 2. The van der Waals surface area contributed by atoms with Crippen LogP contribution in [-0.4, -0.2) is 79.8 Å². The van der Waals surface area contributed by atoms with Crippen molar-refractivity contribution >= 4 is 69.6 Å². The van der Waals surface area contributed by atoms with Gasteiger partial charge >= 0.3 is 17.7 Å². The first kappa shape index (κ1) is 82.0. The van der Waals surface area contributed by atoms with Crippen molar-refractivity contribution in [3.05, 3.63) is 156 Å². The Labute approximate surface area is 482 Å². The summed E-state index contributed by atoms with van der Waals surface area (Å²) in [7, 11) is 0. The number of nitrogen functional groups attached to an aromatic ring is 1. The molecule has 5 aromatic rings. The third-order valence-corrected chi connectivity index (χ3v) is 8.95. The van der Waals surface area contributed by atoms with Crippen LogP contribution < -0.4 is 15.2 Å². The number of aliphatic hydroxyl groups excluding tert-OH is 1. The monoisotopic (exact) mass is 1230 g/mol. The van der Waals surface area contributed by atoms with Gasteiger partial charge in [-0.1, -0.05) is 48.9 Å². The molecule has 0 bridgehead atoms. The standard InChI is InChI=1S/C11H13NO5.C11H14O3.C8H9NO3.C8H11NO.C8H10O.C3H5ClO2.C2H6O.CH2Cl2.CH4.CH3.Pd/c1-4-16-11(13)17-10-6-9(12(14)15)7(2)5-8(10)3;1-4-13-11(12)14-10-6-5-8(2)7-9(10)3;1-5-3-6(2)8(10)4-7(5)9(11)12;1-5-3-6(2)8(10)4-7(5)9;1-6-3-4-8(9)7(2)5-6;1-2-6-3(4)5;1-2-3;2-1-3;;;/h5-6H,4H2,1-3H3;5-7H,4H2,1-3H3;3-4,10H,1-2H3;3-4,10H,9H2,1-2H3;3-5,9H,1-2H3;2H2,1H3;3H,2H2,1H3;1H2;1H4;1H3;/q;;;;;;;;;-1;. The first-order chi connectivity index (χ1) is 34.5. The summed E-state index contributed by atoms with van der Waals surface area (Å²) in [6, 6.07) is 20.2. The van der Waals surface area contributed by atoms with E-state index in [9.17, 15) is 34.6 Å². The van der Waals surface area contributed by atoms with Crippen LogP contribution in [-0.2, 0) is 34.6 Å². The number of carbonyl (C=O) groups is 3. The van der Waals surface area contributed by atoms with Gasteiger partial charge in [0.05, 0.1) is 47.1 Å². The fourth-order valence-corrected chi connectivity index (χ4v) is 5.43. The molecular weight excluding hydrogens is 1160 g/mol. The maximum absolute atomic E-state index is 11.1. The number of nitro benzene ring substituents is 2. The van der Waals surface area contributed by atoms with Crippen molar-refractivity contribution in [3.63, 3.8) is 0 Å². The average Bonchev–Trinajstić information content (AvgIpc) is 3.29. The minimum absolute atomic E-state index is 0. The molecule has 0 atom stereocenters. The van der Waals surface area contributed by atoms with Crippen LogP contribution in [0.15, 0.2) is 72.8 Å². The zero-order valence-electron chi connectivity index (χ0n) is 45.6. The number of nitrogens with zero attached hydrogens (tertiary/aromatic N) is 2. The Morgan fingerprint density at radius 1 is 0.532 bits per heavy atom. The zero-order chi connectivity index (χ0) is 57.8. The summed E-state index contributed by atoms with van der Waals surface area (Å²) in [6.45, 7) is 26.1. The van der Waals surface area contributed by atoms with Gasteiger partial charge in [0, 0.05) is 61.5 Å². The number of aliphatic hydroxyl groups is 1. The number of carbonyl (C=O) groups excluding carboxylic acids is 3. The molecule has 0 aliphatic carbocycles. The first-order valence-corrected chi connectivity index (χ1v) is 23.8. The number of hydrogen-bond acceptors (Lipinski definition) is 17. The topological polar surface area (TPSA) is 291 Å². The summed E-state index contributed by atoms with van der Waals surface area (Å²) in [5.41, 5.74) is 13.7. The second kappa shape index (κ2) is 45.8. The van der Waals surface area contributed by atoms with E-state index in [1.807, 2.05) is 71.9 Å². The molecule has 5 aromatic carbocycles. The van der Waals surface area contributed by atoms with Crippen LogP contribution in [0.2, 0.25) is 0 Å². The Bertz CT molecular complexity index is 2500. The molecule has 0 spiro atoms. The number of hydrogen-bond donors (Lipinski definition) is 5. The Morgan fingerprint density at radius 3 is 1.22 bits per heavy atom. The van der Waals surface area contributed by atoms with E-state index in [1.54, 1.807) is 85.7 Å². The van der Waals surface area contributed by atoms with Crippen molar-refractivity contribution in [1.29, 1.82) is 0 Å². The minimum Gasteiger partial charge on any atom is -0.508 e. The van der Waals surface area contributed by atoms with Crippen molar-refractivity contribution in [2.24, 2.45) is 0 Å². The minimum atomic E-state index is -0.867. The molecule has 5 rings (SSSR count). The summed E-state index contributed by atoms with van der Waals surface area (Å²) in [5, 5.41) is 56.2. The molecule has 0 aliphatic heterocycles. The Hall–Kier alpha value is -6.40. The number of phenols is 3. The molecule has 0 saturated heterocycles. The molecule has 0 aromatic heterocycles. The van der Waals surface area contributed by atoms with E-state index < -0.39 is 27.6 Å². The van der Waals surface area contributed by atoms with Crippen LogP contribution in [0.5, 0.6) is 28.7 Å². The maximum atomic E-state index is 11.1.